The van der Waals surface area contributed by atoms with E-state index in [1.165, 1.54) is 11.3 Å². The Labute approximate surface area is 98.5 Å². The van der Waals surface area contributed by atoms with Crippen LogP contribution in [0.4, 0.5) is 0 Å². The molecule has 0 aliphatic carbocycles. The first kappa shape index (κ1) is 9.91. The number of aromatic amines is 2. The molecule has 4 N–H and O–H groups in total. The Bertz CT molecular complexity index is 709. The van der Waals surface area contributed by atoms with Gasteiger partial charge in [-0.15, -0.1) is 11.3 Å². The predicted octanol–water partition coefficient (Wildman–Crippen LogP) is 2.02. The molecule has 3 rings (SSSR count). The van der Waals surface area contributed by atoms with Gasteiger partial charge in [-0.1, -0.05) is 0 Å². The van der Waals surface area contributed by atoms with Gasteiger partial charge in [0.05, 0.1) is 0 Å². The highest BCUT2D eigenvalue weighted by Crippen LogP contribution is 2.36. The molecular formula is C10H7N3O3S. The highest BCUT2D eigenvalue weighted by atomic mass is 32.1. The lowest BCUT2D eigenvalue weighted by Crippen LogP contribution is -1.96. The number of hydrogen-bond donors (Lipinski definition) is 4. The first-order valence-corrected chi connectivity index (χ1v) is 5.62. The van der Waals surface area contributed by atoms with Crippen molar-refractivity contribution in [2.24, 2.45) is 0 Å². The second-order valence-electron chi connectivity index (χ2n) is 3.47. The van der Waals surface area contributed by atoms with Gasteiger partial charge in [0, 0.05) is 17.1 Å². The fraction of sp³-hybridized carbons (Fsp3) is 0. The normalized spacial score (nSPS) is 11.1. The lowest BCUT2D eigenvalue weighted by atomic mass is 10.1. The molecule has 0 amide bonds. The molecule has 0 spiro atoms. The fourth-order valence-corrected chi connectivity index (χ4v) is 2.49. The van der Waals surface area contributed by atoms with E-state index in [1.807, 2.05) is 11.4 Å². The van der Waals surface area contributed by atoms with Crippen LogP contribution in [0.25, 0.3) is 21.5 Å². The van der Waals surface area contributed by atoms with Gasteiger partial charge in [0.1, 0.15) is 10.5 Å². The van der Waals surface area contributed by atoms with Gasteiger partial charge in [-0.2, -0.15) is 5.10 Å². The van der Waals surface area contributed by atoms with Crippen LogP contribution in [0, 0.1) is 0 Å². The summed E-state index contributed by atoms with van der Waals surface area (Å²) in [7, 11) is 0. The first-order chi connectivity index (χ1) is 8.18. The standard InChI is InChI=1S/C10H7N3O3S/c14-8-6(12-13-7(8)10(15)16)5-3-11-9-4(5)1-2-17-9/h1-3,11,14H,(H,12,13)(H,15,16). The number of rotatable bonds is 2. The van der Waals surface area contributed by atoms with E-state index in [0.717, 1.165) is 10.2 Å². The molecule has 6 nitrogen and oxygen atoms in total. The van der Waals surface area contributed by atoms with E-state index < -0.39 is 5.97 Å². The summed E-state index contributed by atoms with van der Waals surface area (Å²) in [4.78, 5) is 14.8. The van der Waals surface area contributed by atoms with E-state index in [0.29, 0.717) is 5.56 Å². The second-order valence-corrected chi connectivity index (χ2v) is 4.38. The Hall–Kier alpha value is -2.28. The second kappa shape index (κ2) is 3.36. The third-order valence-electron chi connectivity index (χ3n) is 2.51. The molecule has 3 aromatic rings. The zero-order valence-corrected chi connectivity index (χ0v) is 9.21. The Morgan fingerprint density at radius 2 is 2.29 bits per heavy atom. The Kier molecular flexibility index (Phi) is 1.96. The number of carboxylic acid groups (broad SMARTS) is 1. The highest BCUT2D eigenvalue weighted by Gasteiger charge is 2.21. The number of hydrogen-bond acceptors (Lipinski definition) is 4. The zero-order chi connectivity index (χ0) is 12.0. The van der Waals surface area contributed by atoms with Crippen LogP contribution in [0.2, 0.25) is 0 Å². The van der Waals surface area contributed by atoms with Crippen molar-refractivity contribution in [2.45, 2.75) is 0 Å². The summed E-state index contributed by atoms with van der Waals surface area (Å²) >= 11 is 1.53. The van der Waals surface area contributed by atoms with Gasteiger partial charge in [-0.3, -0.25) is 5.10 Å². The van der Waals surface area contributed by atoms with Gasteiger partial charge in [-0.05, 0) is 11.4 Å². The van der Waals surface area contributed by atoms with Crippen LogP contribution in [0.1, 0.15) is 10.5 Å². The number of carbonyl (C=O) groups is 1. The molecule has 0 atom stereocenters. The predicted molar refractivity (Wildman–Crippen MR) is 62.4 cm³/mol. The third-order valence-corrected chi connectivity index (χ3v) is 3.36. The van der Waals surface area contributed by atoms with E-state index >= 15 is 0 Å². The topological polar surface area (TPSA) is 102 Å². The van der Waals surface area contributed by atoms with E-state index in [2.05, 4.69) is 15.2 Å². The number of nitrogens with zero attached hydrogens (tertiary/aromatic N) is 1. The van der Waals surface area contributed by atoms with Crippen LogP contribution < -0.4 is 0 Å². The quantitative estimate of drug-likeness (QED) is 0.558. The summed E-state index contributed by atoms with van der Waals surface area (Å²) in [5.41, 5.74) is 0.624. The number of aromatic hydroxyl groups is 1. The van der Waals surface area contributed by atoms with Gasteiger partial charge in [-0.25, -0.2) is 4.79 Å². The highest BCUT2D eigenvalue weighted by molar-refractivity contribution is 7.16. The first-order valence-electron chi connectivity index (χ1n) is 4.74. The van der Waals surface area contributed by atoms with Gasteiger partial charge >= 0.3 is 5.97 Å². The van der Waals surface area contributed by atoms with Crippen LogP contribution in [-0.4, -0.2) is 31.4 Å². The number of carboxylic acids is 1. The summed E-state index contributed by atoms with van der Waals surface area (Å²) in [6, 6.07) is 1.89. The minimum Gasteiger partial charge on any atom is -0.504 e. The van der Waals surface area contributed by atoms with Crippen LogP contribution in [-0.2, 0) is 0 Å². The Morgan fingerprint density at radius 3 is 3.00 bits per heavy atom. The number of nitrogens with one attached hydrogen (secondary N) is 2. The van der Waals surface area contributed by atoms with Crippen molar-refractivity contribution in [1.29, 1.82) is 0 Å². The molecule has 0 fully saturated rings. The molecular weight excluding hydrogens is 242 g/mol. The Balaban J connectivity index is 2.23. The van der Waals surface area contributed by atoms with E-state index in [1.54, 1.807) is 6.20 Å². The molecule has 3 aromatic heterocycles. The molecule has 0 radical (unpaired) electrons. The van der Waals surface area contributed by atoms with Gasteiger partial charge in [0.2, 0.25) is 0 Å². The van der Waals surface area contributed by atoms with Crippen LogP contribution in [0.5, 0.6) is 5.75 Å². The molecule has 0 bridgehead atoms. The summed E-state index contributed by atoms with van der Waals surface area (Å²) in [5, 5.41) is 27.6. The van der Waals surface area contributed by atoms with Crippen molar-refractivity contribution < 1.29 is 15.0 Å². The monoisotopic (exact) mass is 249 g/mol. The van der Waals surface area contributed by atoms with E-state index in [9.17, 15) is 9.90 Å². The molecule has 7 heteroatoms. The smallest absolute Gasteiger partial charge is 0.357 e. The molecule has 3 heterocycles. The molecule has 0 saturated carbocycles. The maximum atomic E-state index is 10.8. The van der Waals surface area contributed by atoms with Crippen LogP contribution in [0.15, 0.2) is 17.6 Å². The number of aromatic carboxylic acids is 1. The van der Waals surface area contributed by atoms with Crippen LogP contribution in [0.3, 0.4) is 0 Å². The average Bonchev–Trinajstić information content (AvgIpc) is 2.91. The van der Waals surface area contributed by atoms with E-state index in [4.69, 9.17) is 5.11 Å². The maximum Gasteiger partial charge on any atom is 0.357 e. The van der Waals surface area contributed by atoms with Crippen molar-refractivity contribution in [1.82, 2.24) is 15.2 Å². The lowest BCUT2D eigenvalue weighted by molar-refractivity contribution is 0.0687. The molecule has 0 unspecified atom stereocenters. The number of aromatic nitrogens is 3. The number of thiophene rings is 1. The molecule has 0 saturated heterocycles. The van der Waals surface area contributed by atoms with Gasteiger partial charge in [0.25, 0.3) is 0 Å². The summed E-state index contributed by atoms with van der Waals surface area (Å²) in [5.74, 6) is -1.58. The zero-order valence-electron chi connectivity index (χ0n) is 8.39. The molecule has 0 aromatic carbocycles. The third kappa shape index (κ3) is 1.32. The van der Waals surface area contributed by atoms with E-state index in [-0.39, 0.29) is 17.1 Å². The van der Waals surface area contributed by atoms with Crippen molar-refractivity contribution in [2.75, 3.05) is 0 Å². The molecule has 0 aliphatic rings. The van der Waals surface area contributed by atoms with Crippen molar-refractivity contribution >= 4 is 27.5 Å². The molecule has 86 valence electrons. The Morgan fingerprint density at radius 1 is 1.47 bits per heavy atom. The lowest BCUT2D eigenvalue weighted by Gasteiger charge is -1.93. The van der Waals surface area contributed by atoms with Crippen molar-refractivity contribution in [3.8, 4) is 17.0 Å². The minimum absolute atomic E-state index is 0.243. The van der Waals surface area contributed by atoms with Crippen molar-refractivity contribution in [3.05, 3.63) is 23.3 Å². The van der Waals surface area contributed by atoms with Gasteiger partial charge in [0.15, 0.2) is 11.4 Å². The summed E-state index contributed by atoms with van der Waals surface area (Å²) in [6.45, 7) is 0. The average molecular weight is 249 g/mol. The number of H-pyrrole nitrogens is 2. The largest absolute Gasteiger partial charge is 0.504 e. The summed E-state index contributed by atoms with van der Waals surface area (Å²) < 4.78 is 0. The SMILES string of the molecule is O=C(O)c1[nH]nc(-c2c[nH]c3sccc23)c1O. The van der Waals surface area contributed by atoms with Crippen molar-refractivity contribution in [3.63, 3.8) is 0 Å². The maximum absolute atomic E-state index is 10.8. The molecule has 17 heavy (non-hydrogen) atoms. The fourth-order valence-electron chi connectivity index (χ4n) is 1.72. The minimum atomic E-state index is -1.24. The molecule has 0 aliphatic heterocycles. The number of fused-ring (bicyclic) bond motifs is 1. The van der Waals surface area contributed by atoms with Gasteiger partial charge < -0.3 is 15.2 Å². The van der Waals surface area contributed by atoms with Crippen LogP contribution >= 0.6 is 11.3 Å². The summed E-state index contributed by atoms with van der Waals surface area (Å²) in [6.07, 6.45) is 1.70.